The van der Waals surface area contributed by atoms with Gasteiger partial charge in [-0.05, 0) is 37.6 Å². The van der Waals surface area contributed by atoms with Crippen molar-refractivity contribution in [3.05, 3.63) is 29.8 Å². The fourth-order valence-corrected chi connectivity index (χ4v) is 1.72. The number of carbonyl (C=O) groups is 2. The lowest BCUT2D eigenvalue weighted by Crippen LogP contribution is -2.32. The summed E-state index contributed by atoms with van der Waals surface area (Å²) in [5.41, 5.74) is 1.30. The van der Waals surface area contributed by atoms with Gasteiger partial charge in [-0.25, -0.2) is 0 Å². The number of anilines is 1. The van der Waals surface area contributed by atoms with Gasteiger partial charge >= 0.3 is 0 Å². The standard InChI is InChI=1S/C14H20N2O2/c1-4-5-10(2)15-14(18)12-6-8-13(9-7-12)16-11(3)17/h6-10H,4-5H2,1-3H3,(H,15,18)(H,16,17)/t10-/m0/s1. The van der Waals surface area contributed by atoms with Gasteiger partial charge in [0.25, 0.3) is 5.91 Å². The number of hydrogen-bond acceptors (Lipinski definition) is 2. The minimum Gasteiger partial charge on any atom is -0.350 e. The predicted octanol–water partition coefficient (Wildman–Crippen LogP) is 2.56. The molecule has 0 fully saturated rings. The second-order valence-electron chi connectivity index (χ2n) is 4.42. The molecule has 98 valence electrons. The van der Waals surface area contributed by atoms with E-state index in [1.807, 2.05) is 6.92 Å². The van der Waals surface area contributed by atoms with Gasteiger partial charge in [-0.15, -0.1) is 0 Å². The molecule has 0 spiro atoms. The van der Waals surface area contributed by atoms with Crippen LogP contribution in [0.2, 0.25) is 0 Å². The third-order valence-electron chi connectivity index (χ3n) is 2.57. The third kappa shape index (κ3) is 4.57. The molecule has 0 bridgehead atoms. The van der Waals surface area contributed by atoms with Gasteiger partial charge in [-0.1, -0.05) is 13.3 Å². The summed E-state index contributed by atoms with van der Waals surface area (Å²) in [5.74, 6) is -0.200. The Kier molecular flexibility index (Phi) is 5.36. The SMILES string of the molecule is CCC[C@H](C)NC(=O)c1ccc(NC(C)=O)cc1. The van der Waals surface area contributed by atoms with Crippen LogP contribution in [-0.2, 0) is 4.79 Å². The van der Waals surface area contributed by atoms with E-state index in [1.54, 1.807) is 24.3 Å². The van der Waals surface area contributed by atoms with Crippen molar-refractivity contribution < 1.29 is 9.59 Å². The fraction of sp³-hybridized carbons (Fsp3) is 0.429. The molecule has 18 heavy (non-hydrogen) atoms. The molecule has 0 saturated carbocycles. The first-order chi connectivity index (χ1) is 8.52. The molecule has 0 aromatic heterocycles. The number of nitrogens with one attached hydrogen (secondary N) is 2. The Bertz CT molecular complexity index is 412. The van der Waals surface area contributed by atoms with Crippen LogP contribution in [0, 0.1) is 0 Å². The van der Waals surface area contributed by atoms with Crippen LogP contribution >= 0.6 is 0 Å². The van der Waals surface area contributed by atoms with Crippen molar-refractivity contribution in [1.82, 2.24) is 5.32 Å². The lowest BCUT2D eigenvalue weighted by molar-refractivity contribution is -0.114. The van der Waals surface area contributed by atoms with Gasteiger partial charge in [-0.3, -0.25) is 9.59 Å². The smallest absolute Gasteiger partial charge is 0.251 e. The van der Waals surface area contributed by atoms with Crippen LogP contribution in [0.1, 0.15) is 44.0 Å². The summed E-state index contributed by atoms with van der Waals surface area (Å²) in [7, 11) is 0. The zero-order valence-electron chi connectivity index (χ0n) is 11.1. The van der Waals surface area contributed by atoms with Crippen molar-refractivity contribution in [2.45, 2.75) is 39.7 Å². The lowest BCUT2D eigenvalue weighted by atomic mass is 10.1. The fourth-order valence-electron chi connectivity index (χ4n) is 1.72. The normalized spacial score (nSPS) is 11.7. The van der Waals surface area contributed by atoms with Crippen molar-refractivity contribution in [3.8, 4) is 0 Å². The number of amides is 2. The van der Waals surface area contributed by atoms with E-state index >= 15 is 0 Å². The van der Waals surface area contributed by atoms with Crippen LogP contribution in [0.3, 0.4) is 0 Å². The molecule has 0 radical (unpaired) electrons. The average molecular weight is 248 g/mol. The third-order valence-corrected chi connectivity index (χ3v) is 2.57. The number of carbonyl (C=O) groups excluding carboxylic acids is 2. The molecular weight excluding hydrogens is 228 g/mol. The molecule has 0 saturated heterocycles. The highest BCUT2D eigenvalue weighted by Gasteiger charge is 2.08. The van der Waals surface area contributed by atoms with Crippen molar-refractivity contribution >= 4 is 17.5 Å². The highest BCUT2D eigenvalue weighted by Crippen LogP contribution is 2.10. The molecule has 2 N–H and O–H groups in total. The van der Waals surface area contributed by atoms with E-state index in [2.05, 4.69) is 17.6 Å². The van der Waals surface area contributed by atoms with Crippen LogP contribution in [0.25, 0.3) is 0 Å². The van der Waals surface area contributed by atoms with Gasteiger partial charge in [0.05, 0.1) is 0 Å². The van der Waals surface area contributed by atoms with Gasteiger partial charge < -0.3 is 10.6 Å². The molecule has 0 unspecified atom stereocenters. The maximum absolute atomic E-state index is 11.9. The summed E-state index contributed by atoms with van der Waals surface area (Å²) in [5, 5.41) is 5.59. The molecule has 1 rings (SSSR count). The van der Waals surface area contributed by atoms with E-state index in [1.165, 1.54) is 6.92 Å². The second kappa shape index (κ2) is 6.79. The molecule has 4 heteroatoms. The number of hydrogen-bond donors (Lipinski definition) is 2. The summed E-state index contributed by atoms with van der Waals surface area (Å²) in [4.78, 5) is 22.7. The number of rotatable bonds is 5. The van der Waals surface area contributed by atoms with Gasteiger partial charge in [0, 0.05) is 24.2 Å². The minimum atomic E-state index is -0.122. The maximum Gasteiger partial charge on any atom is 0.251 e. The molecule has 4 nitrogen and oxygen atoms in total. The Morgan fingerprint density at radius 2 is 1.83 bits per heavy atom. The molecule has 0 aliphatic rings. The molecule has 0 aliphatic carbocycles. The Labute approximate surface area is 108 Å². The summed E-state index contributed by atoms with van der Waals surface area (Å²) in [6.07, 6.45) is 2.01. The van der Waals surface area contributed by atoms with Crippen LogP contribution in [0.4, 0.5) is 5.69 Å². The lowest BCUT2D eigenvalue weighted by Gasteiger charge is -2.12. The van der Waals surface area contributed by atoms with E-state index in [-0.39, 0.29) is 17.9 Å². The van der Waals surface area contributed by atoms with E-state index in [4.69, 9.17) is 0 Å². The highest BCUT2D eigenvalue weighted by atomic mass is 16.2. The zero-order chi connectivity index (χ0) is 13.5. The van der Waals surface area contributed by atoms with E-state index < -0.39 is 0 Å². The summed E-state index contributed by atoms with van der Waals surface area (Å²) in [6, 6.07) is 7.04. The average Bonchev–Trinajstić information content (AvgIpc) is 2.29. The Morgan fingerprint density at radius 3 is 2.33 bits per heavy atom. The summed E-state index contributed by atoms with van der Waals surface area (Å²) >= 11 is 0. The Balaban J connectivity index is 2.61. The van der Waals surface area contributed by atoms with Crippen molar-refractivity contribution in [2.75, 3.05) is 5.32 Å². The predicted molar refractivity (Wildman–Crippen MR) is 72.6 cm³/mol. The maximum atomic E-state index is 11.9. The molecule has 1 atom stereocenters. The minimum absolute atomic E-state index is 0.0784. The molecular formula is C14H20N2O2. The largest absolute Gasteiger partial charge is 0.350 e. The molecule has 1 aromatic rings. The van der Waals surface area contributed by atoms with Crippen molar-refractivity contribution in [2.24, 2.45) is 0 Å². The number of benzene rings is 1. The van der Waals surface area contributed by atoms with E-state index in [0.29, 0.717) is 11.3 Å². The van der Waals surface area contributed by atoms with Crippen LogP contribution in [0.15, 0.2) is 24.3 Å². The topological polar surface area (TPSA) is 58.2 Å². The van der Waals surface area contributed by atoms with Gasteiger partial charge in [-0.2, -0.15) is 0 Å². The van der Waals surface area contributed by atoms with Gasteiger partial charge in [0.1, 0.15) is 0 Å². The Hall–Kier alpha value is -1.84. The van der Waals surface area contributed by atoms with Gasteiger partial charge in [0.15, 0.2) is 0 Å². The van der Waals surface area contributed by atoms with Crippen molar-refractivity contribution in [3.63, 3.8) is 0 Å². The molecule has 0 aliphatic heterocycles. The zero-order valence-corrected chi connectivity index (χ0v) is 11.1. The molecule has 1 aromatic carbocycles. The first kappa shape index (κ1) is 14.2. The van der Waals surface area contributed by atoms with Crippen LogP contribution < -0.4 is 10.6 Å². The molecule has 0 heterocycles. The molecule has 2 amide bonds. The van der Waals surface area contributed by atoms with Gasteiger partial charge in [0.2, 0.25) is 5.91 Å². The Morgan fingerprint density at radius 1 is 1.22 bits per heavy atom. The first-order valence-electron chi connectivity index (χ1n) is 6.21. The summed E-state index contributed by atoms with van der Waals surface area (Å²) in [6.45, 7) is 5.53. The van der Waals surface area contributed by atoms with E-state index in [9.17, 15) is 9.59 Å². The quantitative estimate of drug-likeness (QED) is 0.841. The highest BCUT2D eigenvalue weighted by molar-refractivity contribution is 5.95. The first-order valence-corrected chi connectivity index (χ1v) is 6.21. The van der Waals surface area contributed by atoms with Crippen molar-refractivity contribution in [1.29, 1.82) is 0 Å². The van der Waals surface area contributed by atoms with Crippen LogP contribution in [0.5, 0.6) is 0 Å². The monoisotopic (exact) mass is 248 g/mol. The summed E-state index contributed by atoms with van der Waals surface area (Å²) < 4.78 is 0. The second-order valence-corrected chi connectivity index (χ2v) is 4.42. The van der Waals surface area contributed by atoms with Crippen LogP contribution in [-0.4, -0.2) is 17.9 Å². The van der Waals surface area contributed by atoms with E-state index in [0.717, 1.165) is 12.8 Å².